The first kappa shape index (κ1) is 13.3. The zero-order chi connectivity index (χ0) is 12.1. The summed E-state index contributed by atoms with van der Waals surface area (Å²) < 4.78 is 23.3. The summed E-state index contributed by atoms with van der Waals surface area (Å²) in [5.41, 5.74) is 6.64. The Morgan fingerprint density at radius 2 is 1.81 bits per heavy atom. The molecule has 1 aromatic rings. The normalized spacial score (nSPS) is 12.3. The van der Waals surface area contributed by atoms with Crippen molar-refractivity contribution in [2.75, 3.05) is 20.9 Å². The van der Waals surface area contributed by atoms with E-state index in [1.54, 1.807) is 26.4 Å². The molecule has 3 nitrogen and oxygen atoms in total. The summed E-state index contributed by atoms with van der Waals surface area (Å²) in [5, 5.41) is 0. The first-order chi connectivity index (χ1) is 7.63. The van der Waals surface area contributed by atoms with E-state index in [1.807, 2.05) is 0 Å². The molecule has 0 aliphatic heterocycles. The third kappa shape index (κ3) is 2.86. The average molecular weight is 292 g/mol. The van der Waals surface area contributed by atoms with Gasteiger partial charge in [0.15, 0.2) is 0 Å². The lowest BCUT2D eigenvalue weighted by molar-refractivity contribution is 0.386. The van der Waals surface area contributed by atoms with Gasteiger partial charge in [-0.15, -0.1) is 0 Å². The van der Waals surface area contributed by atoms with Gasteiger partial charge in [-0.2, -0.15) is 0 Å². The average Bonchev–Trinajstić information content (AvgIpc) is 2.29. The minimum atomic E-state index is -0.443. The zero-order valence-corrected chi connectivity index (χ0v) is 10.9. The fourth-order valence-electron chi connectivity index (χ4n) is 1.39. The van der Waals surface area contributed by atoms with Gasteiger partial charge in [0.05, 0.1) is 20.9 Å². The minimum absolute atomic E-state index is 0.286. The molecule has 0 spiro atoms. The van der Waals surface area contributed by atoms with Crippen molar-refractivity contribution >= 4 is 15.9 Å². The van der Waals surface area contributed by atoms with Gasteiger partial charge in [-0.1, -0.05) is 0 Å². The Balaban J connectivity index is 3.11. The molecule has 0 aliphatic carbocycles. The minimum Gasteiger partial charge on any atom is -0.495 e. The smallest absolute Gasteiger partial charge is 0.137 e. The summed E-state index contributed by atoms with van der Waals surface area (Å²) in [6.45, 7) is -0.443. The molecule has 0 amide bonds. The highest BCUT2D eigenvalue weighted by molar-refractivity contribution is 9.10. The van der Waals surface area contributed by atoms with E-state index in [2.05, 4.69) is 15.9 Å². The molecule has 5 heteroatoms. The van der Waals surface area contributed by atoms with Crippen molar-refractivity contribution < 1.29 is 13.9 Å². The van der Waals surface area contributed by atoms with Crippen LogP contribution < -0.4 is 15.2 Å². The van der Waals surface area contributed by atoms with Gasteiger partial charge in [-0.05, 0) is 40.0 Å². The van der Waals surface area contributed by atoms with E-state index in [4.69, 9.17) is 15.2 Å². The molecule has 0 aromatic heterocycles. The Morgan fingerprint density at radius 1 is 1.31 bits per heavy atom. The second-order valence-corrected chi connectivity index (χ2v) is 4.12. The molecule has 0 unspecified atom stereocenters. The van der Waals surface area contributed by atoms with Crippen molar-refractivity contribution in [3.8, 4) is 11.5 Å². The summed E-state index contributed by atoms with van der Waals surface area (Å²) in [4.78, 5) is 0. The van der Waals surface area contributed by atoms with Crippen LogP contribution in [0.1, 0.15) is 18.0 Å². The van der Waals surface area contributed by atoms with Crippen LogP contribution >= 0.6 is 15.9 Å². The number of alkyl halides is 1. The number of benzene rings is 1. The van der Waals surface area contributed by atoms with E-state index in [0.717, 1.165) is 10.0 Å². The Labute approximate surface area is 103 Å². The van der Waals surface area contributed by atoms with Crippen LogP contribution in [0.2, 0.25) is 0 Å². The van der Waals surface area contributed by atoms with Crippen molar-refractivity contribution in [1.29, 1.82) is 0 Å². The van der Waals surface area contributed by atoms with Crippen LogP contribution in [0, 0.1) is 0 Å². The Kier molecular flexibility index (Phi) is 5.02. The summed E-state index contributed by atoms with van der Waals surface area (Å²) in [6.07, 6.45) is 0.286. The highest BCUT2D eigenvalue weighted by Crippen LogP contribution is 2.37. The maximum atomic E-state index is 12.2. The predicted molar refractivity (Wildman–Crippen MR) is 64.8 cm³/mol. The number of ether oxygens (including phenoxy) is 2. The molecule has 1 atom stereocenters. The number of rotatable bonds is 5. The fraction of sp³-hybridized carbons (Fsp3) is 0.455. The van der Waals surface area contributed by atoms with Crippen LogP contribution in [-0.4, -0.2) is 20.9 Å². The summed E-state index contributed by atoms with van der Waals surface area (Å²) in [7, 11) is 3.12. The van der Waals surface area contributed by atoms with Gasteiger partial charge in [-0.3, -0.25) is 4.39 Å². The molecule has 90 valence electrons. The van der Waals surface area contributed by atoms with Crippen molar-refractivity contribution in [2.45, 2.75) is 12.5 Å². The SMILES string of the molecule is COc1cc([C@@H](N)CCF)cc(OC)c1Br. The van der Waals surface area contributed by atoms with Gasteiger partial charge in [0.1, 0.15) is 16.0 Å². The Bertz CT molecular complexity index is 335. The lowest BCUT2D eigenvalue weighted by Crippen LogP contribution is -2.11. The van der Waals surface area contributed by atoms with Crippen molar-refractivity contribution in [1.82, 2.24) is 0 Å². The Hall–Kier alpha value is -0.810. The molecular weight excluding hydrogens is 277 g/mol. The van der Waals surface area contributed by atoms with Crippen molar-refractivity contribution in [3.05, 3.63) is 22.2 Å². The molecule has 0 radical (unpaired) electrons. The summed E-state index contributed by atoms with van der Waals surface area (Å²) in [5.74, 6) is 1.26. The monoisotopic (exact) mass is 291 g/mol. The van der Waals surface area contributed by atoms with E-state index in [9.17, 15) is 4.39 Å². The number of nitrogens with two attached hydrogens (primary N) is 1. The number of hydrogen-bond acceptors (Lipinski definition) is 3. The van der Waals surface area contributed by atoms with Crippen LogP contribution in [0.3, 0.4) is 0 Å². The second kappa shape index (κ2) is 6.06. The van der Waals surface area contributed by atoms with Crippen LogP contribution in [0.5, 0.6) is 11.5 Å². The zero-order valence-electron chi connectivity index (χ0n) is 9.30. The number of halogens is 2. The molecule has 0 fully saturated rings. The molecule has 0 saturated heterocycles. The van der Waals surface area contributed by atoms with Gasteiger partial charge < -0.3 is 15.2 Å². The molecule has 16 heavy (non-hydrogen) atoms. The summed E-state index contributed by atoms with van der Waals surface area (Å²) in [6, 6.07) is 3.22. The van der Waals surface area contributed by atoms with Crippen LogP contribution in [-0.2, 0) is 0 Å². The first-order valence-electron chi connectivity index (χ1n) is 4.87. The van der Waals surface area contributed by atoms with Gasteiger partial charge in [-0.25, -0.2) is 0 Å². The molecule has 1 aromatic carbocycles. The van der Waals surface area contributed by atoms with E-state index in [-0.39, 0.29) is 12.5 Å². The van der Waals surface area contributed by atoms with E-state index >= 15 is 0 Å². The highest BCUT2D eigenvalue weighted by Gasteiger charge is 2.13. The van der Waals surface area contributed by atoms with E-state index < -0.39 is 6.67 Å². The maximum absolute atomic E-state index is 12.2. The van der Waals surface area contributed by atoms with Crippen LogP contribution in [0.15, 0.2) is 16.6 Å². The molecule has 1 rings (SSSR count). The Morgan fingerprint density at radius 3 is 2.19 bits per heavy atom. The fourth-order valence-corrected chi connectivity index (χ4v) is 1.94. The standard InChI is InChI=1S/C11H15BrFNO2/c1-15-9-5-7(8(14)3-4-13)6-10(16-2)11(9)12/h5-6,8H,3-4,14H2,1-2H3/t8-/m0/s1. The largest absolute Gasteiger partial charge is 0.495 e. The third-order valence-electron chi connectivity index (χ3n) is 2.32. The van der Waals surface area contributed by atoms with E-state index in [1.165, 1.54) is 0 Å². The number of methoxy groups -OCH3 is 2. The van der Waals surface area contributed by atoms with Gasteiger partial charge >= 0.3 is 0 Å². The molecule has 0 aliphatic rings. The highest BCUT2D eigenvalue weighted by atomic mass is 79.9. The van der Waals surface area contributed by atoms with Gasteiger partial charge in [0, 0.05) is 6.04 Å². The van der Waals surface area contributed by atoms with Gasteiger partial charge in [0.2, 0.25) is 0 Å². The van der Waals surface area contributed by atoms with Crippen LogP contribution in [0.25, 0.3) is 0 Å². The lowest BCUT2D eigenvalue weighted by Gasteiger charge is -2.15. The van der Waals surface area contributed by atoms with E-state index in [0.29, 0.717) is 11.5 Å². The lowest BCUT2D eigenvalue weighted by atomic mass is 10.0. The molecule has 0 bridgehead atoms. The maximum Gasteiger partial charge on any atom is 0.137 e. The quantitative estimate of drug-likeness (QED) is 0.907. The molecular formula is C11H15BrFNO2. The third-order valence-corrected chi connectivity index (χ3v) is 3.10. The molecule has 0 saturated carbocycles. The molecule has 0 heterocycles. The second-order valence-electron chi connectivity index (χ2n) is 3.32. The first-order valence-corrected chi connectivity index (χ1v) is 5.66. The van der Waals surface area contributed by atoms with Gasteiger partial charge in [0.25, 0.3) is 0 Å². The van der Waals surface area contributed by atoms with Crippen molar-refractivity contribution in [2.24, 2.45) is 5.73 Å². The topological polar surface area (TPSA) is 44.5 Å². The molecule has 2 N–H and O–H groups in total. The van der Waals surface area contributed by atoms with Crippen LogP contribution in [0.4, 0.5) is 4.39 Å². The summed E-state index contributed by atoms with van der Waals surface area (Å²) >= 11 is 3.36. The predicted octanol–water partition coefficient (Wildman–Crippen LogP) is 2.83. The number of hydrogen-bond donors (Lipinski definition) is 1. The van der Waals surface area contributed by atoms with Crippen molar-refractivity contribution in [3.63, 3.8) is 0 Å².